The van der Waals surface area contributed by atoms with Crippen LogP contribution in [0.2, 0.25) is 0 Å². The fraction of sp³-hybridized carbons (Fsp3) is 0.471. The highest BCUT2D eigenvalue weighted by molar-refractivity contribution is 8.15. The van der Waals surface area contributed by atoms with Crippen LogP contribution >= 0.6 is 23.1 Å². The number of thioether (sulfide) groups is 1. The van der Waals surface area contributed by atoms with Gasteiger partial charge in [0.15, 0.2) is 5.17 Å². The number of esters is 1. The Labute approximate surface area is 149 Å². The van der Waals surface area contributed by atoms with Gasteiger partial charge < -0.3 is 4.74 Å². The molecule has 0 unspecified atom stereocenters. The lowest BCUT2D eigenvalue weighted by molar-refractivity contribution is -0.141. The van der Waals surface area contributed by atoms with Crippen LogP contribution < -0.4 is 0 Å². The number of amides is 1. The van der Waals surface area contributed by atoms with Crippen LogP contribution in [0, 0.1) is 5.92 Å². The van der Waals surface area contributed by atoms with Gasteiger partial charge in [-0.05, 0) is 31.2 Å². The van der Waals surface area contributed by atoms with Crippen molar-refractivity contribution < 1.29 is 14.3 Å². The zero-order valence-electron chi connectivity index (χ0n) is 14.1. The van der Waals surface area contributed by atoms with Gasteiger partial charge in [0.1, 0.15) is 6.04 Å². The van der Waals surface area contributed by atoms with E-state index in [2.05, 4.69) is 4.99 Å². The molecule has 1 amide bonds. The number of rotatable bonds is 4. The fourth-order valence-corrected chi connectivity index (χ4v) is 4.55. The molecular formula is C17H20N2O3S2. The predicted octanol–water partition coefficient (Wildman–Crippen LogP) is 3.60. The molecule has 0 saturated carbocycles. The summed E-state index contributed by atoms with van der Waals surface area (Å²) in [5.74, 6) is -0.153. The summed E-state index contributed by atoms with van der Waals surface area (Å²) in [5.41, 5.74) is 1.09. The molecule has 2 aliphatic rings. The van der Waals surface area contributed by atoms with Crippen LogP contribution in [0.25, 0.3) is 0 Å². The maximum atomic E-state index is 12.7. The van der Waals surface area contributed by atoms with Gasteiger partial charge in [-0.15, -0.1) is 11.3 Å². The summed E-state index contributed by atoms with van der Waals surface area (Å²) in [5, 5.41) is 2.43. The van der Waals surface area contributed by atoms with Gasteiger partial charge >= 0.3 is 5.97 Å². The Balaban J connectivity index is 2.03. The molecule has 3 rings (SSSR count). The molecule has 128 valence electrons. The van der Waals surface area contributed by atoms with Crippen molar-refractivity contribution >= 4 is 40.1 Å². The second-order valence-corrected chi connectivity index (χ2v) is 8.56. The molecule has 0 spiro atoms. The quantitative estimate of drug-likeness (QED) is 0.766. The van der Waals surface area contributed by atoms with Gasteiger partial charge in [0.2, 0.25) is 5.91 Å². The van der Waals surface area contributed by atoms with Crippen LogP contribution in [-0.4, -0.2) is 33.8 Å². The van der Waals surface area contributed by atoms with Gasteiger partial charge in [0.05, 0.1) is 23.1 Å². The maximum absolute atomic E-state index is 12.7. The molecule has 24 heavy (non-hydrogen) atoms. The van der Waals surface area contributed by atoms with E-state index in [4.69, 9.17) is 4.74 Å². The van der Waals surface area contributed by atoms with E-state index in [1.807, 2.05) is 45.2 Å². The molecule has 3 heterocycles. The topological polar surface area (TPSA) is 59.0 Å². The number of amidine groups is 1. The van der Waals surface area contributed by atoms with E-state index in [1.165, 1.54) is 23.1 Å². The number of thiophene rings is 1. The fourth-order valence-electron chi connectivity index (χ4n) is 2.70. The first-order valence-corrected chi connectivity index (χ1v) is 9.65. The summed E-state index contributed by atoms with van der Waals surface area (Å²) in [6.45, 7) is 8.01. The van der Waals surface area contributed by atoms with Crippen LogP contribution in [0.4, 0.5) is 0 Å². The van der Waals surface area contributed by atoms with Crippen LogP contribution in [0.5, 0.6) is 0 Å². The van der Waals surface area contributed by atoms with Gasteiger partial charge in [0, 0.05) is 4.88 Å². The molecule has 0 radical (unpaired) electrons. The highest BCUT2D eigenvalue weighted by Crippen LogP contribution is 2.44. The molecular weight excluding hydrogens is 344 g/mol. The smallest absolute Gasteiger partial charge is 0.338 e. The van der Waals surface area contributed by atoms with Gasteiger partial charge in [0.25, 0.3) is 0 Å². The zero-order valence-corrected chi connectivity index (χ0v) is 15.7. The normalized spacial score (nSPS) is 23.6. The molecule has 0 bridgehead atoms. The Kier molecular flexibility index (Phi) is 4.83. The second-order valence-electron chi connectivity index (χ2n) is 6.27. The Bertz CT molecular complexity index is 722. The zero-order chi connectivity index (χ0) is 17.4. The highest BCUT2D eigenvalue weighted by atomic mass is 32.2. The van der Waals surface area contributed by atoms with Crippen molar-refractivity contribution in [1.29, 1.82) is 0 Å². The first-order chi connectivity index (χ1) is 11.4. The largest absolute Gasteiger partial charge is 0.462 e. The molecule has 2 aliphatic heterocycles. The lowest BCUT2D eigenvalue weighted by Crippen LogP contribution is -2.40. The van der Waals surface area contributed by atoms with Crippen LogP contribution in [0.3, 0.4) is 0 Å². The molecule has 1 aromatic rings. The monoisotopic (exact) mass is 364 g/mol. The third-order valence-corrected chi connectivity index (χ3v) is 5.82. The molecule has 0 N–H and O–H groups in total. The Morgan fingerprint density at radius 2 is 2.21 bits per heavy atom. The number of carbonyl (C=O) groups is 2. The van der Waals surface area contributed by atoms with Gasteiger partial charge in [-0.3, -0.25) is 9.69 Å². The number of aliphatic imine (C=N–C) groups is 1. The molecule has 1 aromatic heterocycles. The van der Waals surface area contributed by atoms with E-state index < -0.39 is 6.04 Å². The summed E-state index contributed by atoms with van der Waals surface area (Å²) in [6, 6.07) is 3.43. The SMILES string of the molecule is CC1=C(C(=O)OCC(C)C)[C@H](c2cccs2)N2C(=O)[C@H](C)SC2=N1. The highest BCUT2D eigenvalue weighted by Gasteiger charge is 2.46. The molecule has 1 saturated heterocycles. The molecule has 0 aromatic carbocycles. The van der Waals surface area contributed by atoms with Gasteiger partial charge in [-0.25, -0.2) is 9.79 Å². The first-order valence-electron chi connectivity index (χ1n) is 7.89. The number of fused-ring (bicyclic) bond motifs is 1. The number of hydrogen-bond donors (Lipinski definition) is 0. The van der Waals surface area contributed by atoms with E-state index in [0.717, 1.165) is 4.88 Å². The second kappa shape index (κ2) is 6.72. The molecule has 2 atom stereocenters. The minimum Gasteiger partial charge on any atom is -0.462 e. The average Bonchev–Trinajstić information content (AvgIpc) is 3.13. The van der Waals surface area contributed by atoms with Crippen LogP contribution in [-0.2, 0) is 14.3 Å². The first kappa shape index (κ1) is 17.2. The van der Waals surface area contributed by atoms with E-state index in [1.54, 1.807) is 4.90 Å². The number of allylic oxidation sites excluding steroid dienone is 1. The number of ether oxygens (including phenoxy) is 1. The van der Waals surface area contributed by atoms with Crippen molar-refractivity contribution in [1.82, 2.24) is 4.90 Å². The standard InChI is InChI=1S/C17H20N2O3S2/c1-9(2)8-22-16(21)13-10(3)18-17-19(15(20)11(4)24-17)14(13)12-6-5-7-23-12/h5-7,9,11,14H,8H2,1-4H3/t11-,14-/m0/s1. The Morgan fingerprint density at radius 1 is 1.46 bits per heavy atom. The summed E-state index contributed by atoms with van der Waals surface area (Å²) in [4.78, 5) is 32.4. The minimum absolute atomic E-state index is 0.0150. The molecule has 7 heteroatoms. The summed E-state index contributed by atoms with van der Waals surface area (Å²) in [7, 11) is 0. The molecule has 1 fully saturated rings. The number of nitrogens with zero attached hydrogens (tertiary/aromatic N) is 2. The average molecular weight is 364 g/mol. The summed E-state index contributed by atoms with van der Waals surface area (Å²) >= 11 is 2.97. The van der Waals surface area contributed by atoms with Crippen molar-refractivity contribution in [2.75, 3.05) is 6.61 Å². The van der Waals surface area contributed by atoms with E-state index in [0.29, 0.717) is 23.0 Å². The van der Waals surface area contributed by atoms with Gasteiger partial charge in [-0.2, -0.15) is 0 Å². The Hall–Kier alpha value is -1.60. The lowest BCUT2D eigenvalue weighted by atomic mass is 10.00. The van der Waals surface area contributed by atoms with Crippen molar-refractivity contribution in [3.63, 3.8) is 0 Å². The van der Waals surface area contributed by atoms with E-state index >= 15 is 0 Å². The maximum Gasteiger partial charge on any atom is 0.338 e. The molecule has 5 nitrogen and oxygen atoms in total. The summed E-state index contributed by atoms with van der Waals surface area (Å²) < 4.78 is 5.45. The van der Waals surface area contributed by atoms with E-state index in [9.17, 15) is 9.59 Å². The van der Waals surface area contributed by atoms with Crippen molar-refractivity contribution in [2.24, 2.45) is 10.9 Å². The van der Waals surface area contributed by atoms with E-state index in [-0.39, 0.29) is 23.0 Å². The minimum atomic E-state index is -0.442. The molecule has 0 aliphatic carbocycles. The van der Waals surface area contributed by atoms with Crippen molar-refractivity contribution in [3.8, 4) is 0 Å². The number of hydrogen-bond acceptors (Lipinski definition) is 6. The predicted molar refractivity (Wildman–Crippen MR) is 96.9 cm³/mol. The van der Waals surface area contributed by atoms with Gasteiger partial charge in [-0.1, -0.05) is 31.7 Å². The lowest BCUT2D eigenvalue weighted by Gasteiger charge is -2.32. The third-order valence-electron chi connectivity index (χ3n) is 3.84. The number of carbonyl (C=O) groups excluding carboxylic acids is 2. The van der Waals surface area contributed by atoms with Crippen LogP contribution in [0.15, 0.2) is 33.8 Å². The Morgan fingerprint density at radius 3 is 2.83 bits per heavy atom. The van der Waals surface area contributed by atoms with Crippen LogP contribution in [0.1, 0.15) is 38.6 Å². The summed E-state index contributed by atoms with van der Waals surface area (Å²) in [6.07, 6.45) is 0. The van der Waals surface area contributed by atoms with Crippen molar-refractivity contribution in [2.45, 2.75) is 39.0 Å². The van der Waals surface area contributed by atoms with Crippen molar-refractivity contribution in [3.05, 3.63) is 33.7 Å². The third kappa shape index (κ3) is 3.02.